The lowest BCUT2D eigenvalue weighted by molar-refractivity contribution is 0.660. The second-order valence-electron chi connectivity index (χ2n) is 8.86. The number of rotatable bonds is 3. The second-order valence-corrected chi connectivity index (χ2v) is 8.86. The molecule has 0 spiro atoms. The third kappa shape index (κ3) is 3.11. The first-order valence-corrected chi connectivity index (χ1v) is 10.5. The number of fused-ring (bicyclic) bond motifs is 3. The average molecular weight is 378 g/mol. The van der Waals surface area contributed by atoms with Gasteiger partial charge in [0.1, 0.15) is 0 Å². The fraction of sp³-hybridized carbons (Fsp3) is 0.214. The SMILES string of the molecule is CC1C=CC(c2ccc(Nc3ccc4c(c3)C(C)(C)c3ccccc3-4)cc2)=CC1. The van der Waals surface area contributed by atoms with E-state index in [2.05, 4.69) is 111 Å². The van der Waals surface area contributed by atoms with Gasteiger partial charge in [0.2, 0.25) is 0 Å². The van der Waals surface area contributed by atoms with E-state index in [1.165, 1.54) is 33.4 Å². The van der Waals surface area contributed by atoms with Gasteiger partial charge in [0.15, 0.2) is 0 Å². The van der Waals surface area contributed by atoms with Crippen LogP contribution >= 0.6 is 0 Å². The molecule has 144 valence electrons. The summed E-state index contributed by atoms with van der Waals surface area (Å²) in [6.45, 7) is 6.90. The molecule has 29 heavy (non-hydrogen) atoms. The van der Waals surface area contributed by atoms with Gasteiger partial charge in [-0.05, 0) is 70.0 Å². The molecule has 0 saturated heterocycles. The van der Waals surface area contributed by atoms with Crippen LogP contribution in [0.5, 0.6) is 0 Å². The summed E-state index contributed by atoms with van der Waals surface area (Å²) >= 11 is 0. The lowest BCUT2D eigenvalue weighted by Crippen LogP contribution is -2.15. The molecule has 0 saturated carbocycles. The summed E-state index contributed by atoms with van der Waals surface area (Å²) < 4.78 is 0. The van der Waals surface area contributed by atoms with Crippen LogP contribution in [0.1, 0.15) is 43.9 Å². The lowest BCUT2D eigenvalue weighted by atomic mass is 9.82. The highest BCUT2D eigenvalue weighted by Gasteiger charge is 2.35. The van der Waals surface area contributed by atoms with Crippen molar-refractivity contribution in [3.8, 4) is 11.1 Å². The smallest absolute Gasteiger partial charge is 0.0387 e. The van der Waals surface area contributed by atoms with Gasteiger partial charge in [0.05, 0.1) is 0 Å². The standard InChI is InChI=1S/C28H27N/c1-19-8-10-20(11-9-19)21-12-14-22(15-13-21)29-23-16-17-25-24-6-4-5-7-26(24)28(2,3)27(25)18-23/h4-8,10-19,29H,9H2,1-3H3. The van der Waals surface area contributed by atoms with Crippen LogP contribution in [-0.2, 0) is 5.41 Å². The zero-order valence-corrected chi connectivity index (χ0v) is 17.4. The van der Waals surface area contributed by atoms with Crippen LogP contribution in [0, 0.1) is 5.92 Å². The Morgan fingerprint density at radius 3 is 2.31 bits per heavy atom. The Balaban J connectivity index is 1.40. The van der Waals surface area contributed by atoms with E-state index < -0.39 is 0 Å². The highest BCUT2D eigenvalue weighted by Crippen LogP contribution is 2.49. The Morgan fingerprint density at radius 2 is 1.55 bits per heavy atom. The summed E-state index contributed by atoms with van der Waals surface area (Å²) in [5.74, 6) is 0.648. The number of allylic oxidation sites excluding steroid dienone is 4. The number of anilines is 2. The summed E-state index contributed by atoms with van der Waals surface area (Å²) in [4.78, 5) is 0. The van der Waals surface area contributed by atoms with E-state index in [9.17, 15) is 0 Å². The maximum absolute atomic E-state index is 3.60. The molecule has 0 amide bonds. The molecule has 0 aliphatic heterocycles. The summed E-state index contributed by atoms with van der Waals surface area (Å²) in [5.41, 5.74) is 10.4. The van der Waals surface area contributed by atoms with Crippen LogP contribution in [0.4, 0.5) is 11.4 Å². The maximum atomic E-state index is 3.60. The molecule has 2 aliphatic rings. The van der Waals surface area contributed by atoms with Crippen LogP contribution in [0.3, 0.4) is 0 Å². The molecule has 1 heteroatoms. The van der Waals surface area contributed by atoms with E-state index in [4.69, 9.17) is 0 Å². The molecule has 0 heterocycles. The molecule has 5 rings (SSSR count). The van der Waals surface area contributed by atoms with Crippen LogP contribution in [0.15, 0.2) is 85.0 Å². The van der Waals surface area contributed by atoms with E-state index in [1.807, 2.05) is 0 Å². The van der Waals surface area contributed by atoms with Crippen molar-refractivity contribution >= 4 is 16.9 Å². The number of hydrogen-bond donors (Lipinski definition) is 1. The highest BCUT2D eigenvalue weighted by molar-refractivity contribution is 5.83. The van der Waals surface area contributed by atoms with Gasteiger partial charge in [-0.25, -0.2) is 0 Å². The summed E-state index contributed by atoms with van der Waals surface area (Å²) in [5, 5.41) is 3.60. The number of hydrogen-bond acceptors (Lipinski definition) is 1. The van der Waals surface area contributed by atoms with E-state index in [1.54, 1.807) is 0 Å². The third-order valence-corrected chi connectivity index (χ3v) is 6.40. The lowest BCUT2D eigenvalue weighted by Gasteiger charge is -2.22. The first-order valence-electron chi connectivity index (χ1n) is 10.5. The van der Waals surface area contributed by atoms with Gasteiger partial charge in [-0.3, -0.25) is 0 Å². The Kier molecular flexibility index (Phi) is 4.20. The van der Waals surface area contributed by atoms with E-state index >= 15 is 0 Å². The van der Waals surface area contributed by atoms with Crippen LogP contribution in [0.25, 0.3) is 16.7 Å². The molecule has 1 atom stereocenters. The fourth-order valence-corrected chi connectivity index (χ4v) is 4.64. The minimum Gasteiger partial charge on any atom is -0.356 e. The largest absolute Gasteiger partial charge is 0.356 e. The highest BCUT2D eigenvalue weighted by atomic mass is 14.9. The van der Waals surface area contributed by atoms with E-state index in [-0.39, 0.29) is 5.41 Å². The predicted molar refractivity (Wildman–Crippen MR) is 125 cm³/mol. The predicted octanol–water partition coefficient (Wildman–Crippen LogP) is 7.72. The summed E-state index contributed by atoms with van der Waals surface area (Å²) in [6.07, 6.45) is 8.01. The number of benzene rings is 3. The Labute approximate surface area is 173 Å². The quantitative estimate of drug-likeness (QED) is 0.493. The van der Waals surface area contributed by atoms with Crippen molar-refractivity contribution in [3.05, 3.63) is 102 Å². The first-order chi connectivity index (χ1) is 14.0. The minimum atomic E-state index is 0.0321. The maximum Gasteiger partial charge on any atom is 0.0387 e. The van der Waals surface area contributed by atoms with Gasteiger partial charge in [0, 0.05) is 16.8 Å². The summed E-state index contributed by atoms with van der Waals surface area (Å²) in [7, 11) is 0. The Bertz CT molecular complexity index is 1130. The molecule has 0 bridgehead atoms. The first kappa shape index (κ1) is 18.0. The van der Waals surface area contributed by atoms with E-state index in [0.29, 0.717) is 5.92 Å². The molecule has 3 aromatic rings. The topological polar surface area (TPSA) is 12.0 Å². The van der Waals surface area contributed by atoms with Gasteiger partial charge in [-0.15, -0.1) is 0 Å². The molecule has 3 aromatic carbocycles. The molecule has 0 aromatic heterocycles. The molecule has 1 unspecified atom stereocenters. The Hall–Kier alpha value is -3.06. The zero-order chi connectivity index (χ0) is 20.0. The minimum absolute atomic E-state index is 0.0321. The number of nitrogens with one attached hydrogen (secondary N) is 1. The van der Waals surface area contributed by atoms with Gasteiger partial charge < -0.3 is 5.32 Å². The van der Waals surface area contributed by atoms with Gasteiger partial charge in [-0.1, -0.05) is 81.5 Å². The van der Waals surface area contributed by atoms with Crippen LogP contribution < -0.4 is 5.32 Å². The molecule has 0 radical (unpaired) electrons. The van der Waals surface area contributed by atoms with E-state index in [0.717, 1.165) is 17.8 Å². The third-order valence-electron chi connectivity index (χ3n) is 6.40. The molecular weight excluding hydrogens is 350 g/mol. The van der Waals surface area contributed by atoms with Crippen LogP contribution in [0.2, 0.25) is 0 Å². The average Bonchev–Trinajstić information content (AvgIpc) is 2.97. The van der Waals surface area contributed by atoms with Crippen molar-refractivity contribution in [3.63, 3.8) is 0 Å². The molecule has 0 fully saturated rings. The molecule has 1 nitrogen and oxygen atoms in total. The van der Waals surface area contributed by atoms with Crippen molar-refractivity contribution in [1.29, 1.82) is 0 Å². The van der Waals surface area contributed by atoms with Gasteiger partial charge in [0.25, 0.3) is 0 Å². The Morgan fingerprint density at radius 1 is 0.828 bits per heavy atom. The van der Waals surface area contributed by atoms with Crippen molar-refractivity contribution in [2.24, 2.45) is 5.92 Å². The van der Waals surface area contributed by atoms with Crippen molar-refractivity contribution in [1.82, 2.24) is 0 Å². The molecular formula is C28H27N. The monoisotopic (exact) mass is 377 g/mol. The van der Waals surface area contributed by atoms with Crippen molar-refractivity contribution in [2.75, 3.05) is 5.32 Å². The second kappa shape index (κ2) is 6.77. The van der Waals surface area contributed by atoms with Gasteiger partial charge in [-0.2, -0.15) is 0 Å². The summed E-state index contributed by atoms with van der Waals surface area (Å²) in [6, 6.07) is 24.3. The normalized spacial score (nSPS) is 18.7. The van der Waals surface area contributed by atoms with Gasteiger partial charge >= 0.3 is 0 Å². The zero-order valence-electron chi connectivity index (χ0n) is 17.4. The molecule has 2 aliphatic carbocycles. The fourth-order valence-electron chi connectivity index (χ4n) is 4.64. The van der Waals surface area contributed by atoms with Crippen molar-refractivity contribution < 1.29 is 0 Å². The van der Waals surface area contributed by atoms with Crippen molar-refractivity contribution in [2.45, 2.75) is 32.6 Å². The molecule has 1 N–H and O–H groups in total. The van der Waals surface area contributed by atoms with Crippen LogP contribution in [-0.4, -0.2) is 0 Å².